The van der Waals surface area contributed by atoms with E-state index in [1.807, 2.05) is 58.9 Å². The molecule has 3 aromatic rings. The molecule has 10 heteroatoms. The molecule has 2 aliphatic rings. The number of hydrogen-bond acceptors (Lipinski definition) is 7. The van der Waals surface area contributed by atoms with Gasteiger partial charge in [0.1, 0.15) is 18.5 Å². The van der Waals surface area contributed by atoms with E-state index in [2.05, 4.69) is 15.6 Å². The van der Waals surface area contributed by atoms with Gasteiger partial charge >= 0.3 is 0 Å². The number of nitrogens with zero attached hydrogens (tertiary/aromatic N) is 3. The van der Waals surface area contributed by atoms with E-state index in [-0.39, 0.29) is 36.2 Å². The minimum absolute atomic E-state index is 0.0844. The molecule has 1 fully saturated rings. The number of amides is 2. The summed E-state index contributed by atoms with van der Waals surface area (Å²) < 4.78 is 18.9. The van der Waals surface area contributed by atoms with Crippen LogP contribution in [0, 0.1) is 5.92 Å². The molecule has 0 bridgehead atoms. The highest BCUT2D eigenvalue weighted by molar-refractivity contribution is 5.94. The summed E-state index contributed by atoms with van der Waals surface area (Å²) in [5.41, 5.74) is 2.51. The summed E-state index contributed by atoms with van der Waals surface area (Å²) in [6, 6.07) is 9.47. The van der Waals surface area contributed by atoms with Gasteiger partial charge in [-0.2, -0.15) is 5.10 Å². The lowest BCUT2D eigenvalue weighted by Gasteiger charge is -2.18. The van der Waals surface area contributed by atoms with Gasteiger partial charge in [-0.15, -0.1) is 0 Å². The van der Waals surface area contributed by atoms with Gasteiger partial charge in [-0.25, -0.2) is 4.98 Å². The molecule has 212 valence electrons. The van der Waals surface area contributed by atoms with Crippen LogP contribution < -0.4 is 10.6 Å². The number of carbonyl (C=O) groups excluding carboxylic acids is 2. The molecule has 1 aliphatic heterocycles. The second kappa shape index (κ2) is 11.2. The van der Waals surface area contributed by atoms with Crippen molar-refractivity contribution in [2.75, 3.05) is 0 Å². The number of benzene rings is 1. The minimum atomic E-state index is -0.762. The van der Waals surface area contributed by atoms with Crippen LogP contribution in [0.2, 0.25) is 0 Å². The van der Waals surface area contributed by atoms with Gasteiger partial charge in [0.05, 0.1) is 11.9 Å². The van der Waals surface area contributed by atoms with Crippen LogP contribution in [0.4, 0.5) is 0 Å². The molecule has 2 amide bonds. The minimum Gasteiger partial charge on any atom is -0.457 e. The average molecular weight is 548 g/mol. The summed E-state index contributed by atoms with van der Waals surface area (Å²) in [5.74, 6) is 0.364. The van der Waals surface area contributed by atoms with E-state index in [0.717, 1.165) is 31.2 Å². The van der Waals surface area contributed by atoms with Gasteiger partial charge in [-0.3, -0.25) is 14.3 Å². The number of hydrogen-bond donors (Lipinski definition) is 2. The lowest BCUT2D eigenvalue weighted by atomic mass is 10.1. The van der Waals surface area contributed by atoms with Gasteiger partial charge in [-0.05, 0) is 56.7 Å². The van der Waals surface area contributed by atoms with E-state index in [1.54, 1.807) is 17.0 Å². The summed E-state index contributed by atoms with van der Waals surface area (Å²) in [6.07, 6.45) is 6.95. The zero-order valence-electron chi connectivity index (χ0n) is 23.7. The summed E-state index contributed by atoms with van der Waals surface area (Å²) in [4.78, 5) is 30.2. The van der Waals surface area contributed by atoms with Crippen LogP contribution in [0.1, 0.15) is 81.3 Å². The molecule has 0 unspecified atom stereocenters. The van der Waals surface area contributed by atoms with Crippen molar-refractivity contribution < 1.29 is 23.5 Å². The van der Waals surface area contributed by atoms with Crippen molar-refractivity contribution in [2.24, 2.45) is 5.92 Å². The Morgan fingerprint density at radius 2 is 1.85 bits per heavy atom. The van der Waals surface area contributed by atoms with Crippen molar-refractivity contribution in [1.82, 2.24) is 25.4 Å². The fourth-order valence-corrected chi connectivity index (χ4v) is 4.72. The number of oxazole rings is 1. The Kier molecular flexibility index (Phi) is 7.69. The number of carbonyl (C=O) groups is 2. The third kappa shape index (κ3) is 6.21. The quantitative estimate of drug-likeness (QED) is 0.335. The van der Waals surface area contributed by atoms with Gasteiger partial charge in [0.15, 0.2) is 5.76 Å². The zero-order valence-corrected chi connectivity index (χ0v) is 23.7. The fraction of sp³-hybridized carbons (Fsp3) is 0.467. The van der Waals surface area contributed by atoms with E-state index < -0.39 is 5.79 Å². The predicted molar refractivity (Wildman–Crippen MR) is 149 cm³/mol. The molecule has 1 aliphatic carbocycles. The largest absolute Gasteiger partial charge is 0.457 e. The Morgan fingerprint density at radius 1 is 1.10 bits per heavy atom. The maximum atomic E-state index is 13.3. The third-order valence-corrected chi connectivity index (χ3v) is 7.31. The van der Waals surface area contributed by atoms with Crippen LogP contribution in [0.5, 0.6) is 0 Å². The molecule has 5 rings (SSSR count). The van der Waals surface area contributed by atoms with Crippen molar-refractivity contribution in [3.63, 3.8) is 0 Å². The van der Waals surface area contributed by atoms with E-state index in [0.29, 0.717) is 34.5 Å². The monoisotopic (exact) mass is 547 g/mol. The Bertz CT molecular complexity index is 1410. The molecule has 0 radical (unpaired) electrons. The van der Waals surface area contributed by atoms with Crippen molar-refractivity contribution in [2.45, 2.75) is 84.7 Å². The molecular weight excluding hydrogens is 510 g/mol. The maximum Gasteiger partial charge on any atom is 0.288 e. The summed E-state index contributed by atoms with van der Waals surface area (Å²) >= 11 is 0. The van der Waals surface area contributed by atoms with Gasteiger partial charge in [0, 0.05) is 37.1 Å². The second-order valence-corrected chi connectivity index (χ2v) is 11.0. The fourth-order valence-electron chi connectivity index (χ4n) is 4.72. The molecule has 0 saturated heterocycles. The lowest BCUT2D eigenvalue weighted by Crippen LogP contribution is -2.35. The topological polar surface area (TPSA) is 121 Å². The van der Waals surface area contributed by atoms with Crippen LogP contribution >= 0.6 is 0 Å². The van der Waals surface area contributed by atoms with E-state index in [1.165, 1.54) is 6.20 Å². The number of nitrogens with one attached hydrogen (secondary N) is 2. The molecule has 3 heterocycles. The lowest BCUT2D eigenvalue weighted by molar-refractivity contribution is -0.118. The SMILES string of the molecule is CCC(CC)NC(=O)c1cnc(-c2cccc(-c3cc(C(=O)N[C@@H](C)C4CC4)n(CC4=COC(C)(C)O4)n3)c2)o1. The van der Waals surface area contributed by atoms with Gasteiger partial charge in [0.25, 0.3) is 11.8 Å². The van der Waals surface area contributed by atoms with E-state index in [9.17, 15) is 9.59 Å². The zero-order chi connectivity index (χ0) is 28.4. The molecule has 0 spiro atoms. The summed E-state index contributed by atoms with van der Waals surface area (Å²) in [6.45, 7) is 9.99. The van der Waals surface area contributed by atoms with Crippen molar-refractivity contribution in [3.05, 3.63) is 60.0 Å². The smallest absolute Gasteiger partial charge is 0.288 e. The van der Waals surface area contributed by atoms with Crippen LogP contribution in [0.15, 0.2) is 53.0 Å². The number of allylic oxidation sites excluding steroid dienone is 1. The standard InChI is InChI=1S/C30H37N5O5/c1-6-22(7-2)33-28(37)26-15-31-29(39-26)21-10-8-9-20(13-21)24-14-25(27(36)32-18(3)19-11-12-19)35(34-24)16-23-17-38-30(4,5)40-23/h8-10,13-15,17-19,22H,6-7,11-12,16H2,1-5H3,(H,32,36)(H,33,37)/t18-/m0/s1. The Morgan fingerprint density at radius 3 is 2.52 bits per heavy atom. The number of ether oxygens (including phenoxy) is 2. The van der Waals surface area contributed by atoms with Crippen LogP contribution in [0.3, 0.4) is 0 Å². The molecule has 10 nitrogen and oxygen atoms in total. The Labute approximate surface area is 234 Å². The van der Waals surface area contributed by atoms with Crippen molar-refractivity contribution >= 4 is 11.8 Å². The first-order valence-electron chi connectivity index (χ1n) is 14.0. The second-order valence-electron chi connectivity index (χ2n) is 11.0. The highest BCUT2D eigenvalue weighted by Crippen LogP contribution is 2.33. The molecule has 2 N–H and O–H groups in total. The average Bonchev–Trinajstić information content (AvgIpc) is 3.35. The third-order valence-electron chi connectivity index (χ3n) is 7.31. The highest BCUT2D eigenvalue weighted by atomic mass is 16.7. The van der Waals surface area contributed by atoms with E-state index in [4.69, 9.17) is 19.0 Å². The number of rotatable bonds is 11. The highest BCUT2D eigenvalue weighted by Gasteiger charge is 2.31. The molecule has 40 heavy (non-hydrogen) atoms. The summed E-state index contributed by atoms with van der Waals surface area (Å²) in [5, 5.41) is 10.9. The van der Waals surface area contributed by atoms with Crippen LogP contribution in [-0.2, 0) is 16.0 Å². The van der Waals surface area contributed by atoms with Gasteiger partial charge < -0.3 is 24.5 Å². The maximum absolute atomic E-state index is 13.3. The van der Waals surface area contributed by atoms with Crippen molar-refractivity contribution in [1.29, 1.82) is 0 Å². The van der Waals surface area contributed by atoms with Gasteiger partial charge in [0.2, 0.25) is 17.4 Å². The van der Waals surface area contributed by atoms with Gasteiger partial charge in [-0.1, -0.05) is 26.0 Å². The predicted octanol–water partition coefficient (Wildman–Crippen LogP) is 5.28. The van der Waals surface area contributed by atoms with Crippen LogP contribution in [0.25, 0.3) is 22.7 Å². The molecule has 1 aromatic carbocycles. The molecule has 2 aromatic heterocycles. The van der Waals surface area contributed by atoms with Crippen molar-refractivity contribution in [3.8, 4) is 22.7 Å². The number of aromatic nitrogens is 3. The first-order valence-corrected chi connectivity index (χ1v) is 14.0. The Hall–Kier alpha value is -4.08. The molecule has 1 atom stereocenters. The van der Waals surface area contributed by atoms with Crippen LogP contribution in [-0.4, -0.2) is 44.4 Å². The molecular formula is C30H37N5O5. The summed E-state index contributed by atoms with van der Waals surface area (Å²) in [7, 11) is 0. The molecule has 1 saturated carbocycles. The first-order chi connectivity index (χ1) is 19.2. The first kappa shape index (κ1) is 27.5. The normalized spacial score (nSPS) is 16.7. The van der Waals surface area contributed by atoms with E-state index >= 15 is 0 Å². The Balaban J connectivity index is 1.40.